The number of phenolic OH excluding ortho intramolecular Hbond substituents is 1. The number of thioether (sulfide) groups is 1. The molecule has 4 atom stereocenters. The fourth-order valence-electron chi connectivity index (χ4n) is 3.65. The van der Waals surface area contributed by atoms with Crippen LogP contribution in [0.5, 0.6) is 5.75 Å². The summed E-state index contributed by atoms with van der Waals surface area (Å²) in [4.78, 5) is 68.9. The van der Waals surface area contributed by atoms with Gasteiger partial charge in [-0.3, -0.25) is 19.2 Å². The van der Waals surface area contributed by atoms with E-state index in [4.69, 9.17) is 11.5 Å². The van der Waals surface area contributed by atoms with Gasteiger partial charge >= 0.3 is 5.97 Å². The molecule has 40 heavy (non-hydrogen) atoms. The Hall–Kier alpha value is -4.11. The van der Waals surface area contributed by atoms with Gasteiger partial charge in [0.2, 0.25) is 23.6 Å². The van der Waals surface area contributed by atoms with Gasteiger partial charge in [-0.15, -0.1) is 0 Å². The van der Waals surface area contributed by atoms with Gasteiger partial charge in [0.05, 0.1) is 12.4 Å². The number of imidazole rings is 1. The fourth-order valence-corrected chi connectivity index (χ4v) is 4.12. The van der Waals surface area contributed by atoms with E-state index in [-0.39, 0.29) is 37.9 Å². The monoisotopic (exact) mass is 577 g/mol. The minimum atomic E-state index is -1.22. The van der Waals surface area contributed by atoms with Crippen molar-refractivity contribution < 1.29 is 34.2 Å². The summed E-state index contributed by atoms with van der Waals surface area (Å²) in [6.07, 6.45) is 4.62. The molecule has 0 saturated carbocycles. The number of hydrogen-bond acceptors (Lipinski definition) is 9. The molecule has 0 spiro atoms. The lowest BCUT2D eigenvalue weighted by Crippen LogP contribution is -2.58. The zero-order valence-corrected chi connectivity index (χ0v) is 22.8. The number of nitrogens with two attached hydrogens (primary N) is 2. The van der Waals surface area contributed by atoms with Crippen molar-refractivity contribution >= 4 is 41.4 Å². The number of phenols is 1. The average Bonchev–Trinajstić information content (AvgIpc) is 3.42. The van der Waals surface area contributed by atoms with Gasteiger partial charge in [0, 0.05) is 31.2 Å². The van der Waals surface area contributed by atoms with Crippen LogP contribution in [0.25, 0.3) is 0 Å². The average molecular weight is 578 g/mol. The van der Waals surface area contributed by atoms with Gasteiger partial charge in [-0.1, -0.05) is 12.1 Å². The number of nitrogens with one attached hydrogen (secondary N) is 4. The highest BCUT2D eigenvalue weighted by Gasteiger charge is 2.31. The number of H-pyrrole nitrogens is 1. The maximum atomic E-state index is 13.4. The third kappa shape index (κ3) is 10.9. The van der Waals surface area contributed by atoms with Crippen LogP contribution in [0.15, 0.2) is 36.8 Å². The van der Waals surface area contributed by atoms with Gasteiger partial charge in [0.15, 0.2) is 0 Å². The number of carbonyl (C=O) groups excluding carboxylic acids is 4. The quantitative estimate of drug-likeness (QED) is 0.111. The highest BCUT2D eigenvalue weighted by molar-refractivity contribution is 7.98. The Balaban J connectivity index is 2.27. The molecule has 0 radical (unpaired) electrons. The van der Waals surface area contributed by atoms with Crippen molar-refractivity contribution in [2.24, 2.45) is 11.5 Å². The molecule has 2 rings (SSSR count). The van der Waals surface area contributed by atoms with Gasteiger partial charge in [-0.25, -0.2) is 9.78 Å². The topological polar surface area (TPSA) is 243 Å². The first-order valence-corrected chi connectivity index (χ1v) is 13.8. The summed E-state index contributed by atoms with van der Waals surface area (Å²) in [6.45, 7) is 0. The molecule has 0 aliphatic carbocycles. The van der Waals surface area contributed by atoms with Gasteiger partial charge in [-0.05, 0) is 42.5 Å². The Morgan fingerprint density at radius 3 is 2.10 bits per heavy atom. The van der Waals surface area contributed by atoms with Crippen LogP contribution < -0.4 is 27.4 Å². The molecule has 0 saturated heterocycles. The number of aromatic amines is 1. The van der Waals surface area contributed by atoms with Crippen molar-refractivity contribution in [3.05, 3.63) is 48.0 Å². The second-order valence-corrected chi connectivity index (χ2v) is 10.1. The van der Waals surface area contributed by atoms with Crippen LogP contribution in [0.3, 0.4) is 0 Å². The molecule has 218 valence electrons. The van der Waals surface area contributed by atoms with Gasteiger partial charge < -0.3 is 42.6 Å². The highest BCUT2D eigenvalue weighted by atomic mass is 32.2. The van der Waals surface area contributed by atoms with Crippen LogP contribution in [-0.2, 0) is 36.8 Å². The zero-order valence-electron chi connectivity index (χ0n) is 22.0. The molecule has 0 aliphatic rings. The summed E-state index contributed by atoms with van der Waals surface area (Å²) >= 11 is 1.42. The predicted molar refractivity (Wildman–Crippen MR) is 147 cm³/mol. The number of carboxylic acids is 1. The standard InChI is InChI=1S/C25H35N7O7S/c1-40-9-8-18(25(38)39)30-23(36)19(10-14-2-4-16(33)5-3-14)32-24(37)20(11-15-12-28-13-29-15)31-22(35)17(26)6-7-21(27)34/h2-5,12-13,17-20,33H,6-11,26H2,1H3,(H2,27,34)(H,28,29)(H,30,36)(H,31,35)(H,32,37)(H,38,39). The summed E-state index contributed by atoms with van der Waals surface area (Å²) in [5, 5.41) is 26.8. The Bertz CT molecular complexity index is 1140. The molecule has 0 aliphatic heterocycles. The van der Waals surface area contributed by atoms with E-state index in [0.717, 1.165) is 0 Å². The van der Waals surface area contributed by atoms with Crippen LogP contribution in [0, 0.1) is 0 Å². The van der Waals surface area contributed by atoms with E-state index in [0.29, 0.717) is 17.0 Å². The number of rotatable bonds is 17. The number of primary amides is 1. The second-order valence-electron chi connectivity index (χ2n) is 9.07. The third-order valence-corrected chi connectivity index (χ3v) is 6.53. The number of aromatic nitrogens is 2. The molecule has 1 heterocycles. The Morgan fingerprint density at radius 1 is 0.950 bits per heavy atom. The first-order chi connectivity index (χ1) is 19.0. The largest absolute Gasteiger partial charge is 0.508 e. The Kier molecular flexibility index (Phi) is 12.9. The summed E-state index contributed by atoms with van der Waals surface area (Å²) < 4.78 is 0. The van der Waals surface area contributed by atoms with E-state index in [1.165, 1.54) is 36.4 Å². The molecule has 4 unspecified atom stereocenters. The summed E-state index contributed by atoms with van der Waals surface area (Å²) in [6, 6.07) is 1.24. The van der Waals surface area contributed by atoms with E-state index >= 15 is 0 Å². The van der Waals surface area contributed by atoms with Crippen LogP contribution in [0.2, 0.25) is 0 Å². The Labute approximate surface area is 235 Å². The van der Waals surface area contributed by atoms with Crippen LogP contribution in [0.1, 0.15) is 30.5 Å². The molecule has 15 heteroatoms. The molecule has 4 amide bonds. The van der Waals surface area contributed by atoms with E-state index in [1.807, 2.05) is 6.26 Å². The number of amides is 4. The van der Waals surface area contributed by atoms with Crippen LogP contribution >= 0.6 is 11.8 Å². The van der Waals surface area contributed by atoms with Crippen molar-refractivity contribution in [2.75, 3.05) is 12.0 Å². The first-order valence-electron chi connectivity index (χ1n) is 12.4. The van der Waals surface area contributed by atoms with Crippen LogP contribution in [-0.4, -0.2) is 86.0 Å². The molecule has 10 N–H and O–H groups in total. The minimum absolute atomic E-state index is 0.00630. The maximum Gasteiger partial charge on any atom is 0.326 e. The molecular weight excluding hydrogens is 542 g/mol. The Morgan fingerprint density at radius 2 is 1.55 bits per heavy atom. The molecule has 0 fully saturated rings. The van der Waals surface area contributed by atoms with E-state index in [9.17, 15) is 34.2 Å². The zero-order chi connectivity index (χ0) is 29.7. The molecule has 2 aromatic rings. The van der Waals surface area contributed by atoms with Gasteiger partial charge in [0.25, 0.3) is 0 Å². The number of aliphatic carboxylic acids is 1. The third-order valence-electron chi connectivity index (χ3n) is 5.88. The molecule has 1 aromatic heterocycles. The molecule has 14 nitrogen and oxygen atoms in total. The first kappa shape index (κ1) is 32.1. The lowest BCUT2D eigenvalue weighted by Gasteiger charge is -2.25. The van der Waals surface area contributed by atoms with E-state index < -0.39 is 53.8 Å². The lowest BCUT2D eigenvalue weighted by atomic mass is 10.0. The highest BCUT2D eigenvalue weighted by Crippen LogP contribution is 2.12. The molecule has 1 aromatic carbocycles. The van der Waals surface area contributed by atoms with Gasteiger partial charge in [-0.2, -0.15) is 11.8 Å². The number of benzene rings is 1. The molecule has 0 bridgehead atoms. The summed E-state index contributed by atoms with van der Waals surface area (Å²) in [7, 11) is 0. The number of carbonyl (C=O) groups is 5. The number of carboxylic acid groups (broad SMARTS) is 1. The fraction of sp³-hybridized carbons (Fsp3) is 0.440. The van der Waals surface area contributed by atoms with Gasteiger partial charge in [0.1, 0.15) is 23.9 Å². The lowest BCUT2D eigenvalue weighted by molar-refractivity contribution is -0.142. The van der Waals surface area contributed by atoms with Crippen molar-refractivity contribution in [1.29, 1.82) is 0 Å². The van der Waals surface area contributed by atoms with E-state index in [1.54, 1.807) is 12.1 Å². The SMILES string of the molecule is CSCCC(NC(=O)C(Cc1ccc(O)cc1)NC(=O)C(Cc1cnc[nH]1)NC(=O)C(N)CCC(N)=O)C(=O)O. The van der Waals surface area contributed by atoms with E-state index in [2.05, 4.69) is 25.9 Å². The molecular formula is C25H35N7O7S. The summed E-state index contributed by atoms with van der Waals surface area (Å²) in [5.41, 5.74) is 12.1. The summed E-state index contributed by atoms with van der Waals surface area (Å²) in [5.74, 6) is -3.53. The second kappa shape index (κ2) is 16.1. The number of aromatic hydroxyl groups is 1. The normalized spacial score (nSPS) is 13.8. The number of hydrogen-bond donors (Lipinski definition) is 8. The van der Waals surface area contributed by atoms with Crippen molar-refractivity contribution in [2.45, 2.75) is 56.3 Å². The smallest absolute Gasteiger partial charge is 0.326 e. The van der Waals surface area contributed by atoms with Crippen molar-refractivity contribution in [3.8, 4) is 5.75 Å². The van der Waals surface area contributed by atoms with Crippen molar-refractivity contribution in [1.82, 2.24) is 25.9 Å². The van der Waals surface area contributed by atoms with Crippen LogP contribution in [0.4, 0.5) is 0 Å². The maximum absolute atomic E-state index is 13.4. The minimum Gasteiger partial charge on any atom is -0.508 e. The predicted octanol–water partition coefficient (Wildman–Crippen LogP) is -1.21. The number of nitrogens with zero attached hydrogens (tertiary/aromatic N) is 1. The van der Waals surface area contributed by atoms with Crippen molar-refractivity contribution in [3.63, 3.8) is 0 Å².